The van der Waals surface area contributed by atoms with Crippen molar-refractivity contribution in [3.05, 3.63) is 57.9 Å². The summed E-state index contributed by atoms with van der Waals surface area (Å²) in [5.41, 5.74) is 6.68. The van der Waals surface area contributed by atoms with Gasteiger partial charge in [-0.3, -0.25) is 0 Å². The number of rotatable bonds is 6. The van der Waals surface area contributed by atoms with Gasteiger partial charge in [0.2, 0.25) is 19.5 Å². The molecule has 1 rings (SSSR count). The average Bonchev–Trinajstić information content (AvgIpc) is 2.46. The standard InChI is InChI=1S/C16H22O4Si2/c1-11(2)9-21-19-15(17)13-7-5-6-8-14(13)16(18)20-22-10-12(3)4/h5-10H,21-22H2,1-4H3. The summed E-state index contributed by atoms with van der Waals surface area (Å²) in [6.45, 7) is 7.83. The lowest BCUT2D eigenvalue weighted by Crippen LogP contribution is -2.16. The molecule has 0 aliphatic heterocycles. The molecule has 22 heavy (non-hydrogen) atoms. The predicted octanol–water partition coefficient (Wildman–Crippen LogP) is 2.02. The van der Waals surface area contributed by atoms with E-state index in [1.54, 1.807) is 24.3 Å². The van der Waals surface area contributed by atoms with Gasteiger partial charge in [0.05, 0.1) is 11.1 Å². The molecule has 0 radical (unpaired) electrons. The van der Waals surface area contributed by atoms with Crippen LogP contribution in [0.15, 0.2) is 46.8 Å². The third-order valence-electron chi connectivity index (χ3n) is 2.78. The van der Waals surface area contributed by atoms with Gasteiger partial charge in [-0.25, -0.2) is 9.59 Å². The Balaban J connectivity index is 2.80. The molecule has 0 unspecified atom stereocenters. The molecule has 0 spiro atoms. The van der Waals surface area contributed by atoms with Gasteiger partial charge in [-0.2, -0.15) is 0 Å². The van der Waals surface area contributed by atoms with Crippen molar-refractivity contribution in [2.45, 2.75) is 27.7 Å². The predicted molar refractivity (Wildman–Crippen MR) is 93.2 cm³/mol. The Labute approximate surface area is 136 Å². The lowest BCUT2D eigenvalue weighted by atomic mass is 10.1. The van der Waals surface area contributed by atoms with Crippen LogP contribution in [0.2, 0.25) is 0 Å². The first-order valence-corrected chi connectivity index (χ1v) is 9.90. The second-order valence-electron chi connectivity index (χ2n) is 5.31. The fourth-order valence-electron chi connectivity index (χ4n) is 1.56. The van der Waals surface area contributed by atoms with Gasteiger partial charge < -0.3 is 8.85 Å². The van der Waals surface area contributed by atoms with Gasteiger partial charge in [0, 0.05) is 0 Å². The molecule has 0 saturated carbocycles. The van der Waals surface area contributed by atoms with Crippen LogP contribution < -0.4 is 0 Å². The summed E-state index contributed by atoms with van der Waals surface area (Å²) in [7, 11) is -2.12. The van der Waals surface area contributed by atoms with E-state index in [1.165, 1.54) is 0 Å². The topological polar surface area (TPSA) is 52.6 Å². The molecule has 1 aromatic carbocycles. The number of carbonyl (C=O) groups is 2. The van der Waals surface area contributed by atoms with Crippen LogP contribution >= 0.6 is 0 Å². The Morgan fingerprint density at radius 1 is 0.818 bits per heavy atom. The van der Waals surface area contributed by atoms with Crippen LogP contribution in [-0.4, -0.2) is 31.5 Å². The minimum absolute atomic E-state index is 0.272. The summed E-state index contributed by atoms with van der Waals surface area (Å²) in [4.78, 5) is 24.2. The molecule has 0 atom stereocenters. The SMILES string of the molecule is CC(C)=C[SiH2]OC(=O)c1ccccc1C(=O)O[SiH2]C=C(C)C. The number of hydrogen-bond acceptors (Lipinski definition) is 4. The van der Waals surface area contributed by atoms with E-state index in [0.717, 1.165) is 11.1 Å². The second kappa shape index (κ2) is 9.16. The molecule has 0 aliphatic rings. The molecule has 0 aromatic heterocycles. The Bertz CT molecular complexity index is 545. The molecule has 0 heterocycles. The van der Waals surface area contributed by atoms with Crippen LogP contribution in [0.4, 0.5) is 0 Å². The summed E-state index contributed by atoms with van der Waals surface area (Å²) in [5.74, 6) is -0.916. The summed E-state index contributed by atoms with van der Waals surface area (Å²) < 4.78 is 10.6. The first-order chi connectivity index (χ1) is 10.4. The van der Waals surface area contributed by atoms with Crippen molar-refractivity contribution in [3.8, 4) is 0 Å². The minimum Gasteiger partial charge on any atom is -0.518 e. The molecule has 0 bridgehead atoms. The van der Waals surface area contributed by atoms with Gasteiger partial charge in [0.1, 0.15) is 0 Å². The summed E-state index contributed by atoms with van der Waals surface area (Å²) >= 11 is 0. The quantitative estimate of drug-likeness (QED) is 0.747. The van der Waals surface area contributed by atoms with E-state index >= 15 is 0 Å². The summed E-state index contributed by atoms with van der Waals surface area (Å²) in [6, 6.07) is 6.61. The number of hydrogen-bond donors (Lipinski definition) is 0. The largest absolute Gasteiger partial charge is 0.518 e. The van der Waals surface area contributed by atoms with Crippen molar-refractivity contribution in [2.75, 3.05) is 0 Å². The lowest BCUT2D eigenvalue weighted by Gasteiger charge is -2.09. The van der Waals surface area contributed by atoms with E-state index in [9.17, 15) is 9.59 Å². The zero-order chi connectivity index (χ0) is 16.5. The van der Waals surface area contributed by atoms with Crippen LogP contribution in [0.5, 0.6) is 0 Å². The van der Waals surface area contributed by atoms with Crippen molar-refractivity contribution in [3.63, 3.8) is 0 Å². The van der Waals surface area contributed by atoms with Crippen LogP contribution in [0.25, 0.3) is 0 Å². The third kappa shape index (κ3) is 6.23. The Kier molecular flexibility index (Phi) is 7.55. The number of carbonyl (C=O) groups excluding carboxylic acids is 2. The summed E-state index contributed by atoms with van der Waals surface area (Å²) in [5, 5.41) is 0. The first-order valence-electron chi connectivity index (χ1n) is 7.12. The van der Waals surface area contributed by atoms with Crippen molar-refractivity contribution in [1.82, 2.24) is 0 Å². The molecular formula is C16H22O4Si2. The molecule has 0 N–H and O–H groups in total. The molecule has 118 valence electrons. The van der Waals surface area contributed by atoms with E-state index in [0.29, 0.717) is 0 Å². The Morgan fingerprint density at radius 2 is 1.18 bits per heavy atom. The minimum atomic E-state index is -1.06. The van der Waals surface area contributed by atoms with Gasteiger partial charge in [-0.05, 0) is 39.8 Å². The van der Waals surface area contributed by atoms with Crippen molar-refractivity contribution in [2.24, 2.45) is 0 Å². The zero-order valence-corrected chi connectivity index (χ0v) is 16.3. The molecular weight excluding hydrogens is 312 g/mol. The van der Waals surface area contributed by atoms with E-state index in [1.807, 2.05) is 39.1 Å². The maximum atomic E-state index is 12.1. The van der Waals surface area contributed by atoms with E-state index in [-0.39, 0.29) is 11.1 Å². The van der Waals surface area contributed by atoms with E-state index in [2.05, 4.69) is 0 Å². The molecule has 0 amide bonds. The maximum absolute atomic E-state index is 12.1. The van der Waals surface area contributed by atoms with Gasteiger partial charge in [-0.1, -0.05) is 34.7 Å². The first kappa shape index (κ1) is 18.1. The fraction of sp³-hybridized carbons (Fsp3) is 0.250. The third-order valence-corrected chi connectivity index (χ3v) is 5.60. The number of allylic oxidation sites excluding steroid dienone is 2. The van der Waals surface area contributed by atoms with Crippen LogP contribution in [0.1, 0.15) is 48.4 Å². The molecule has 0 saturated heterocycles. The van der Waals surface area contributed by atoms with Gasteiger partial charge in [-0.15, -0.1) is 0 Å². The normalized spacial score (nSPS) is 10.7. The van der Waals surface area contributed by atoms with Gasteiger partial charge >= 0.3 is 11.9 Å². The Morgan fingerprint density at radius 3 is 1.50 bits per heavy atom. The highest BCUT2D eigenvalue weighted by molar-refractivity contribution is 6.39. The van der Waals surface area contributed by atoms with Crippen LogP contribution in [0.3, 0.4) is 0 Å². The second-order valence-corrected chi connectivity index (χ2v) is 7.37. The van der Waals surface area contributed by atoms with Gasteiger partial charge in [0.25, 0.3) is 0 Å². The fourth-order valence-corrected chi connectivity index (χ4v) is 3.01. The number of benzene rings is 1. The van der Waals surface area contributed by atoms with Crippen molar-refractivity contribution in [1.29, 1.82) is 0 Å². The monoisotopic (exact) mass is 334 g/mol. The maximum Gasteiger partial charge on any atom is 0.325 e. The van der Waals surface area contributed by atoms with E-state index in [4.69, 9.17) is 8.85 Å². The highest BCUT2D eigenvalue weighted by Crippen LogP contribution is 2.12. The lowest BCUT2D eigenvalue weighted by molar-refractivity contribution is 0.0701. The highest BCUT2D eigenvalue weighted by Gasteiger charge is 2.17. The molecule has 0 aliphatic carbocycles. The Hall–Kier alpha value is -1.93. The average molecular weight is 335 g/mol. The van der Waals surface area contributed by atoms with Crippen LogP contribution in [-0.2, 0) is 8.85 Å². The molecule has 6 heteroatoms. The van der Waals surface area contributed by atoms with Crippen LogP contribution in [0, 0.1) is 0 Å². The molecule has 4 nitrogen and oxygen atoms in total. The van der Waals surface area contributed by atoms with Crippen molar-refractivity contribution < 1.29 is 18.4 Å². The molecule has 1 aromatic rings. The summed E-state index contributed by atoms with van der Waals surface area (Å²) in [6.07, 6.45) is 0. The van der Waals surface area contributed by atoms with Crippen molar-refractivity contribution >= 4 is 31.5 Å². The smallest absolute Gasteiger partial charge is 0.325 e. The molecule has 0 fully saturated rings. The highest BCUT2D eigenvalue weighted by atomic mass is 28.2. The van der Waals surface area contributed by atoms with Gasteiger partial charge in [0.15, 0.2) is 0 Å². The zero-order valence-electron chi connectivity index (χ0n) is 13.5. The van der Waals surface area contributed by atoms with E-state index < -0.39 is 31.5 Å².